The van der Waals surface area contributed by atoms with Gasteiger partial charge in [-0.2, -0.15) is 0 Å². The molecule has 0 radical (unpaired) electrons. The summed E-state index contributed by atoms with van der Waals surface area (Å²) in [6.07, 6.45) is 4.45. The van der Waals surface area contributed by atoms with Crippen molar-refractivity contribution >= 4 is 12.2 Å². The Labute approximate surface area is 81.0 Å². The molecule has 0 aliphatic heterocycles. The molecule has 1 saturated carbocycles. The van der Waals surface area contributed by atoms with E-state index in [1.807, 2.05) is 0 Å². The van der Waals surface area contributed by atoms with Crippen molar-refractivity contribution in [1.82, 2.24) is 14.8 Å². The van der Waals surface area contributed by atoms with E-state index in [2.05, 4.69) is 17.1 Å². The maximum Gasteiger partial charge on any atom is 0.342 e. The van der Waals surface area contributed by atoms with Crippen molar-refractivity contribution in [2.24, 2.45) is 0 Å². The molecule has 13 heavy (non-hydrogen) atoms. The lowest BCUT2D eigenvalue weighted by Crippen LogP contribution is -2.35. The number of H-pyrrole nitrogens is 2. The number of rotatable bonds is 1. The van der Waals surface area contributed by atoms with E-state index in [1.54, 1.807) is 4.57 Å². The first-order valence-corrected chi connectivity index (χ1v) is 4.94. The molecule has 0 saturated heterocycles. The second-order valence-corrected chi connectivity index (χ2v) is 4.29. The number of nitrogens with one attached hydrogen (secondary N) is 2. The Hall–Kier alpha value is -0.840. The Kier molecular flexibility index (Phi) is 1.91. The van der Waals surface area contributed by atoms with Crippen LogP contribution in [0.5, 0.6) is 0 Å². The second-order valence-electron chi connectivity index (χ2n) is 3.90. The molecule has 72 valence electrons. The highest BCUT2D eigenvalue weighted by Gasteiger charge is 2.32. The zero-order valence-electron chi connectivity index (χ0n) is 7.59. The lowest BCUT2D eigenvalue weighted by atomic mass is 10.0. The standard InChI is InChI=1S/C8H13N3OS/c1-8(4-2-3-5-8)11-6(12)9-10-7(11)13/h2-5H2,1H3,(H,9,12)(H,10,13). The molecule has 1 fully saturated rings. The third kappa shape index (κ3) is 1.27. The van der Waals surface area contributed by atoms with Crippen molar-refractivity contribution in [2.75, 3.05) is 0 Å². The second kappa shape index (κ2) is 2.83. The van der Waals surface area contributed by atoms with Crippen LogP contribution in [0.1, 0.15) is 32.6 Å². The van der Waals surface area contributed by atoms with Crippen LogP contribution in [0.3, 0.4) is 0 Å². The van der Waals surface area contributed by atoms with Gasteiger partial charge < -0.3 is 0 Å². The average Bonchev–Trinajstić information content (AvgIpc) is 2.60. The maximum atomic E-state index is 11.4. The molecule has 4 nitrogen and oxygen atoms in total. The van der Waals surface area contributed by atoms with Crippen LogP contribution in [0.2, 0.25) is 0 Å². The Morgan fingerprint density at radius 3 is 2.46 bits per heavy atom. The van der Waals surface area contributed by atoms with Crippen molar-refractivity contribution in [1.29, 1.82) is 0 Å². The predicted molar refractivity (Wildman–Crippen MR) is 52.4 cm³/mol. The van der Waals surface area contributed by atoms with Crippen LogP contribution in [-0.2, 0) is 5.54 Å². The molecule has 5 heteroatoms. The van der Waals surface area contributed by atoms with E-state index < -0.39 is 0 Å². The van der Waals surface area contributed by atoms with E-state index in [0.717, 1.165) is 12.8 Å². The fourth-order valence-corrected chi connectivity index (χ4v) is 2.52. The van der Waals surface area contributed by atoms with Crippen molar-refractivity contribution in [3.05, 3.63) is 15.3 Å². The van der Waals surface area contributed by atoms with Crippen LogP contribution >= 0.6 is 12.2 Å². The van der Waals surface area contributed by atoms with Gasteiger partial charge in [0.2, 0.25) is 0 Å². The third-order valence-corrected chi connectivity index (χ3v) is 3.19. The van der Waals surface area contributed by atoms with Crippen LogP contribution in [0.15, 0.2) is 4.79 Å². The first kappa shape index (κ1) is 8.74. The third-order valence-electron chi connectivity index (χ3n) is 2.90. The zero-order valence-corrected chi connectivity index (χ0v) is 8.41. The monoisotopic (exact) mass is 199 g/mol. The summed E-state index contributed by atoms with van der Waals surface area (Å²) in [6.45, 7) is 2.10. The summed E-state index contributed by atoms with van der Waals surface area (Å²) in [6, 6.07) is 0. The zero-order chi connectivity index (χ0) is 9.47. The molecule has 0 amide bonds. The van der Waals surface area contributed by atoms with Gasteiger partial charge in [0.1, 0.15) is 0 Å². The average molecular weight is 199 g/mol. The minimum atomic E-state index is -0.116. The molecule has 1 heterocycles. The quantitative estimate of drug-likeness (QED) is 0.674. The lowest BCUT2D eigenvalue weighted by Gasteiger charge is -2.23. The molecule has 0 aromatic carbocycles. The van der Waals surface area contributed by atoms with Gasteiger partial charge in [-0.15, -0.1) is 0 Å². The van der Waals surface area contributed by atoms with Gasteiger partial charge in [0.05, 0.1) is 0 Å². The molecule has 1 aliphatic rings. The summed E-state index contributed by atoms with van der Waals surface area (Å²) in [5.74, 6) is 0. The van der Waals surface area contributed by atoms with Crippen molar-refractivity contribution in [3.8, 4) is 0 Å². The highest BCUT2D eigenvalue weighted by atomic mass is 32.1. The van der Waals surface area contributed by atoms with Crippen LogP contribution in [0.25, 0.3) is 0 Å². The molecular formula is C8H13N3OS. The van der Waals surface area contributed by atoms with Gasteiger partial charge in [0, 0.05) is 5.54 Å². The topological polar surface area (TPSA) is 53.6 Å². The SMILES string of the molecule is CC1(n2c(=O)[nH][nH]c2=S)CCCC1. The van der Waals surface area contributed by atoms with Crippen molar-refractivity contribution < 1.29 is 0 Å². The number of hydrogen-bond acceptors (Lipinski definition) is 2. The minimum absolute atomic E-state index is 0.0648. The summed E-state index contributed by atoms with van der Waals surface area (Å²) < 4.78 is 2.18. The minimum Gasteiger partial charge on any atom is -0.272 e. The van der Waals surface area contributed by atoms with Crippen molar-refractivity contribution in [3.63, 3.8) is 0 Å². The largest absolute Gasteiger partial charge is 0.342 e. The van der Waals surface area contributed by atoms with Crippen LogP contribution in [-0.4, -0.2) is 14.8 Å². The summed E-state index contributed by atoms with van der Waals surface area (Å²) in [5, 5.41) is 5.20. The Morgan fingerprint density at radius 1 is 1.38 bits per heavy atom. The van der Waals surface area contributed by atoms with E-state index in [-0.39, 0.29) is 11.2 Å². The van der Waals surface area contributed by atoms with Crippen LogP contribution < -0.4 is 5.69 Å². The first-order valence-electron chi connectivity index (χ1n) is 4.54. The molecule has 2 rings (SSSR count). The summed E-state index contributed by atoms with van der Waals surface area (Å²) in [5.41, 5.74) is -0.181. The summed E-state index contributed by atoms with van der Waals surface area (Å²) in [4.78, 5) is 11.4. The lowest BCUT2D eigenvalue weighted by molar-refractivity contribution is 0.316. The van der Waals surface area contributed by atoms with Gasteiger partial charge in [-0.3, -0.25) is 9.67 Å². The fourth-order valence-electron chi connectivity index (χ4n) is 2.16. The van der Waals surface area contributed by atoms with Gasteiger partial charge in [-0.25, -0.2) is 9.89 Å². The maximum absolute atomic E-state index is 11.4. The van der Waals surface area contributed by atoms with E-state index in [1.165, 1.54) is 12.8 Å². The van der Waals surface area contributed by atoms with E-state index in [4.69, 9.17) is 12.2 Å². The highest BCUT2D eigenvalue weighted by molar-refractivity contribution is 7.71. The summed E-state index contributed by atoms with van der Waals surface area (Å²) >= 11 is 5.06. The van der Waals surface area contributed by atoms with E-state index >= 15 is 0 Å². The van der Waals surface area contributed by atoms with Gasteiger partial charge in [-0.1, -0.05) is 12.8 Å². The van der Waals surface area contributed by atoms with Crippen LogP contribution in [0.4, 0.5) is 0 Å². The smallest absolute Gasteiger partial charge is 0.272 e. The van der Waals surface area contributed by atoms with Crippen LogP contribution in [0, 0.1) is 4.77 Å². The number of nitrogens with zero attached hydrogens (tertiary/aromatic N) is 1. The number of hydrogen-bond donors (Lipinski definition) is 2. The van der Waals surface area contributed by atoms with E-state index in [0.29, 0.717) is 4.77 Å². The molecule has 1 aromatic rings. The van der Waals surface area contributed by atoms with Gasteiger partial charge in [0.25, 0.3) is 0 Å². The molecular weight excluding hydrogens is 186 g/mol. The molecule has 1 aliphatic carbocycles. The molecule has 1 aromatic heterocycles. The predicted octanol–water partition coefficient (Wildman–Crippen LogP) is 1.52. The number of aromatic nitrogens is 3. The normalized spacial score (nSPS) is 20.7. The molecule has 0 atom stereocenters. The number of aromatic amines is 2. The molecule has 0 bridgehead atoms. The molecule has 2 N–H and O–H groups in total. The van der Waals surface area contributed by atoms with Gasteiger partial charge in [-0.05, 0) is 32.0 Å². The first-order chi connectivity index (χ1) is 6.13. The fraction of sp³-hybridized carbons (Fsp3) is 0.750. The Morgan fingerprint density at radius 2 is 2.00 bits per heavy atom. The van der Waals surface area contributed by atoms with Gasteiger partial charge >= 0.3 is 5.69 Å². The van der Waals surface area contributed by atoms with E-state index in [9.17, 15) is 4.79 Å². The van der Waals surface area contributed by atoms with Gasteiger partial charge in [0.15, 0.2) is 4.77 Å². The summed E-state index contributed by atoms with van der Waals surface area (Å²) in [7, 11) is 0. The molecule has 0 unspecified atom stereocenters. The molecule has 0 spiro atoms. The Bertz CT molecular complexity index is 380. The Balaban J connectivity index is 2.56. The van der Waals surface area contributed by atoms with Crippen molar-refractivity contribution in [2.45, 2.75) is 38.1 Å². The highest BCUT2D eigenvalue weighted by Crippen LogP contribution is 2.34.